The predicted molar refractivity (Wildman–Crippen MR) is 82.8 cm³/mol. The summed E-state index contributed by atoms with van der Waals surface area (Å²) in [5.74, 6) is -0.744. The topological polar surface area (TPSA) is 88.1 Å². The molecule has 0 bridgehead atoms. The molecular weight excluding hydrogens is 282 g/mol. The number of hydrogen-bond donors (Lipinski definition) is 2. The quantitative estimate of drug-likeness (QED) is 0.772. The van der Waals surface area contributed by atoms with E-state index in [0.717, 1.165) is 5.56 Å². The molecular formula is C16H13N3O3. The van der Waals surface area contributed by atoms with Crippen molar-refractivity contribution < 1.29 is 14.6 Å². The predicted octanol–water partition coefficient (Wildman–Crippen LogP) is 2.84. The van der Waals surface area contributed by atoms with Gasteiger partial charge in [-0.25, -0.2) is 4.79 Å². The van der Waals surface area contributed by atoms with Gasteiger partial charge in [-0.2, -0.15) is 5.10 Å². The second-order valence-corrected chi connectivity index (χ2v) is 4.60. The van der Waals surface area contributed by atoms with Crippen LogP contribution in [0.4, 0.5) is 0 Å². The van der Waals surface area contributed by atoms with Gasteiger partial charge in [0.15, 0.2) is 0 Å². The molecule has 6 heteroatoms. The van der Waals surface area contributed by atoms with Crippen LogP contribution in [0.5, 0.6) is 5.75 Å². The van der Waals surface area contributed by atoms with Gasteiger partial charge in [0.25, 0.3) is 0 Å². The lowest BCUT2D eigenvalue weighted by Crippen LogP contribution is -2.00. The third-order valence-corrected chi connectivity index (χ3v) is 3.26. The summed E-state index contributed by atoms with van der Waals surface area (Å²) in [7, 11) is 1.45. The second kappa shape index (κ2) is 5.69. The van der Waals surface area contributed by atoms with E-state index < -0.39 is 5.97 Å². The highest BCUT2D eigenvalue weighted by Gasteiger charge is 2.17. The summed E-state index contributed by atoms with van der Waals surface area (Å²) in [4.78, 5) is 15.3. The van der Waals surface area contributed by atoms with Crippen LogP contribution in [0.15, 0.2) is 36.7 Å². The van der Waals surface area contributed by atoms with Gasteiger partial charge < -0.3 is 9.84 Å². The Morgan fingerprint density at radius 1 is 1.32 bits per heavy atom. The molecule has 0 saturated carbocycles. The van der Waals surface area contributed by atoms with E-state index in [1.807, 2.05) is 18.2 Å². The lowest BCUT2D eigenvalue weighted by atomic mass is 10.1. The lowest BCUT2D eigenvalue weighted by molar-refractivity contribution is 0.0693. The van der Waals surface area contributed by atoms with E-state index in [-0.39, 0.29) is 5.56 Å². The van der Waals surface area contributed by atoms with E-state index in [4.69, 9.17) is 4.74 Å². The minimum absolute atomic E-state index is 0.104. The summed E-state index contributed by atoms with van der Waals surface area (Å²) in [5.41, 5.74) is 2.35. The SMILES string of the molecule is COc1c(C(=O)O)ccc2[nH]nc(/C=C/c3cccnc3)c12. The summed E-state index contributed by atoms with van der Waals surface area (Å²) in [6.07, 6.45) is 7.08. The first-order chi connectivity index (χ1) is 10.7. The first-order valence-electron chi connectivity index (χ1n) is 6.57. The standard InChI is InChI=1S/C16H13N3O3/c1-22-15-11(16(20)21)5-7-13-14(15)12(18-19-13)6-4-10-3-2-8-17-9-10/h2-9H,1H3,(H,18,19)(H,20,21)/b6-4+. The molecule has 0 radical (unpaired) electrons. The highest BCUT2D eigenvalue weighted by atomic mass is 16.5. The third-order valence-electron chi connectivity index (χ3n) is 3.26. The summed E-state index contributed by atoms with van der Waals surface area (Å²) < 4.78 is 5.28. The van der Waals surface area contributed by atoms with Crippen molar-refractivity contribution in [2.75, 3.05) is 7.11 Å². The van der Waals surface area contributed by atoms with Crippen molar-refractivity contribution in [2.45, 2.75) is 0 Å². The molecule has 0 aliphatic carbocycles. The van der Waals surface area contributed by atoms with Gasteiger partial charge in [0.2, 0.25) is 0 Å². The summed E-state index contributed by atoms with van der Waals surface area (Å²) in [5, 5.41) is 17.0. The molecule has 0 spiro atoms. The van der Waals surface area contributed by atoms with E-state index in [9.17, 15) is 9.90 Å². The number of ether oxygens (including phenoxy) is 1. The molecule has 2 aromatic heterocycles. The molecule has 0 atom stereocenters. The Labute approximate surface area is 126 Å². The number of carbonyl (C=O) groups is 1. The Kier molecular flexibility index (Phi) is 3.57. The monoisotopic (exact) mass is 295 g/mol. The van der Waals surface area contributed by atoms with Gasteiger partial charge in [0, 0.05) is 12.4 Å². The highest BCUT2D eigenvalue weighted by Crippen LogP contribution is 2.32. The molecule has 110 valence electrons. The number of nitrogens with zero attached hydrogens (tertiary/aromatic N) is 2. The molecule has 3 rings (SSSR count). The van der Waals surface area contributed by atoms with Crippen LogP contribution in [-0.4, -0.2) is 33.4 Å². The van der Waals surface area contributed by atoms with Gasteiger partial charge in [-0.3, -0.25) is 10.1 Å². The van der Waals surface area contributed by atoms with E-state index in [1.54, 1.807) is 24.5 Å². The zero-order valence-corrected chi connectivity index (χ0v) is 11.8. The average Bonchev–Trinajstić information content (AvgIpc) is 2.96. The molecule has 0 aliphatic rings. The molecule has 1 aromatic carbocycles. The first-order valence-corrected chi connectivity index (χ1v) is 6.57. The third kappa shape index (κ3) is 2.42. The smallest absolute Gasteiger partial charge is 0.339 e. The van der Waals surface area contributed by atoms with Crippen LogP contribution >= 0.6 is 0 Å². The molecule has 0 unspecified atom stereocenters. The number of carboxylic acids is 1. The van der Waals surface area contributed by atoms with Crippen LogP contribution in [0, 0.1) is 0 Å². The number of carboxylic acid groups (broad SMARTS) is 1. The van der Waals surface area contributed by atoms with Crippen LogP contribution in [0.3, 0.4) is 0 Å². The van der Waals surface area contributed by atoms with Crippen molar-refractivity contribution in [3.05, 3.63) is 53.5 Å². The molecule has 0 amide bonds. The Balaban J connectivity index is 2.12. The maximum absolute atomic E-state index is 11.3. The fraction of sp³-hybridized carbons (Fsp3) is 0.0625. The molecule has 0 saturated heterocycles. The number of hydrogen-bond acceptors (Lipinski definition) is 4. The number of nitrogens with one attached hydrogen (secondary N) is 1. The fourth-order valence-corrected chi connectivity index (χ4v) is 2.26. The molecule has 6 nitrogen and oxygen atoms in total. The van der Waals surface area contributed by atoms with Crippen molar-refractivity contribution in [2.24, 2.45) is 0 Å². The van der Waals surface area contributed by atoms with Crippen LogP contribution in [0.2, 0.25) is 0 Å². The average molecular weight is 295 g/mol. The van der Waals surface area contributed by atoms with Crippen molar-refractivity contribution in [3.63, 3.8) is 0 Å². The van der Waals surface area contributed by atoms with Crippen LogP contribution in [0.25, 0.3) is 23.1 Å². The van der Waals surface area contributed by atoms with Crippen LogP contribution in [-0.2, 0) is 0 Å². The summed E-state index contributed by atoms with van der Waals surface area (Å²) >= 11 is 0. The first kappa shape index (κ1) is 13.8. The van der Waals surface area contributed by atoms with Crippen molar-refractivity contribution >= 4 is 29.0 Å². The Hall–Kier alpha value is -3.15. The van der Waals surface area contributed by atoms with Gasteiger partial charge in [-0.15, -0.1) is 0 Å². The Morgan fingerprint density at radius 2 is 2.18 bits per heavy atom. The van der Waals surface area contributed by atoms with E-state index in [1.165, 1.54) is 13.2 Å². The van der Waals surface area contributed by atoms with E-state index in [0.29, 0.717) is 22.3 Å². The molecule has 0 aliphatic heterocycles. The lowest BCUT2D eigenvalue weighted by Gasteiger charge is -2.06. The second-order valence-electron chi connectivity index (χ2n) is 4.60. The number of benzene rings is 1. The van der Waals surface area contributed by atoms with Crippen molar-refractivity contribution in [1.82, 2.24) is 15.2 Å². The van der Waals surface area contributed by atoms with E-state index in [2.05, 4.69) is 15.2 Å². The van der Waals surface area contributed by atoms with E-state index >= 15 is 0 Å². The summed E-state index contributed by atoms with van der Waals surface area (Å²) in [6, 6.07) is 6.93. The largest absolute Gasteiger partial charge is 0.495 e. The van der Waals surface area contributed by atoms with Gasteiger partial charge in [-0.05, 0) is 29.8 Å². The number of methoxy groups -OCH3 is 1. The van der Waals surface area contributed by atoms with Crippen molar-refractivity contribution in [1.29, 1.82) is 0 Å². The van der Waals surface area contributed by atoms with Crippen LogP contribution in [0.1, 0.15) is 21.6 Å². The summed E-state index contributed by atoms with van der Waals surface area (Å²) in [6.45, 7) is 0. The molecule has 22 heavy (non-hydrogen) atoms. The normalized spacial score (nSPS) is 11.1. The molecule has 0 fully saturated rings. The van der Waals surface area contributed by atoms with Crippen LogP contribution < -0.4 is 4.74 Å². The number of aromatic carboxylic acids is 1. The minimum atomic E-state index is -1.04. The van der Waals surface area contributed by atoms with Crippen molar-refractivity contribution in [3.8, 4) is 5.75 Å². The molecule has 3 aromatic rings. The zero-order valence-electron chi connectivity index (χ0n) is 11.8. The number of aromatic nitrogens is 3. The van der Waals surface area contributed by atoms with Gasteiger partial charge in [0.1, 0.15) is 11.3 Å². The minimum Gasteiger partial charge on any atom is -0.495 e. The maximum atomic E-state index is 11.3. The Bertz CT molecular complexity index is 854. The Morgan fingerprint density at radius 3 is 2.86 bits per heavy atom. The highest BCUT2D eigenvalue weighted by molar-refractivity contribution is 6.02. The number of aromatic amines is 1. The van der Waals surface area contributed by atoms with Gasteiger partial charge in [-0.1, -0.05) is 12.1 Å². The fourth-order valence-electron chi connectivity index (χ4n) is 2.26. The maximum Gasteiger partial charge on any atom is 0.339 e. The molecule has 2 N–H and O–H groups in total. The zero-order chi connectivity index (χ0) is 15.5. The number of pyridine rings is 1. The van der Waals surface area contributed by atoms with Gasteiger partial charge in [0.05, 0.1) is 23.7 Å². The number of H-pyrrole nitrogens is 1. The molecule has 2 heterocycles. The number of rotatable bonds is 4. The number of fused-ring (bicyclic) bond motifs is 1. The van der Waals surface area contributed by atoms with Gasteiger partial charge >= 0.3 is 5.97 Å².